The zero-order chi connectivity index (χ0) is 26.4. The Bertz CT molecular complexity index is 652. The van der Waals surface area contributed by atoms with Crippen LogP contribution < -0.4 is 0 Å². The lowest BCUT2D eigenvalue weighted by molar-refractivity contribution is -0.113. The molecule has 1 fully saturated rings. The van der Waals surface area contributed by atoms with Crippen molar-refractivity contribution >= 4 is 17.5 Å². The standard InChI is InChI=1S/C13H20O.C12H20OS.C3H8.C2H6/c1-5-7-8-12-11(3)10-14-13(12,4)9-6-2;1-6-8-11(7-2)12(10(5)13)14-9(3)4;1-3-2;1-2/h5,7-8H,3,6,9-10H2,1-2,4H3;3,6-8H2,1-2,4-5H3;3H2,1-2H3;1-2H3/b7-5-,12-8+;12-11-;;. The van der Waals surface area contributed by atoms with Crippen molar-refractivity contribution in [1.29, 1.82) is 0 Å². The molecular weight excluding hydrogens is 424 g/mol. The molecule has 3 heteroatoms. The average molecular weight is 479 g/mol. The van der Waals surface area contributed by atoms with Gasteiger partial charge in [-0.05, 0) is 63.0 Å². The summed E-state index contributed by atoms with van der Waals surface area (Å²) in [6, 6.07) is 0. The summed E-state index contributed by atoms with van der Waals surface area (Å²) in [6.07, 6.45) is 12.7. The van der Waals surface area contributed by atoms with E-state index in [0.717, 1.165) is 47.5 Å². The Hall–Kier alpha value is -1.32. The van der Waals surface area contributed by atoms with Gasteiger partial charge in [-0.25, -0.2) is 0 Å². The minimum absolute atomic E-state index is 0.106. The molecule has 1 heterocycles. The van der Waals surface area contributed by atoms with Gasteiger partial charge in [0.2, 0.25) is 0 Å². The lowest BCUT2D eigenvalue weighted by Gasteiger charge is -2.24. The van der Waals surface area contributed by atoms with E-state index in [0.29, 0.717) is 6.61 Å². The molecule has 0 bridgehead atoms. The van der Waals surface area contributed by atoms with E-state index in [4.69, 9.17) is 4.74 Å². The molecule has 0 aliphatic carbocycles. The minimum atomic E-state index is -0.106. The highest BCUT2D eigenvalue weighted by Crippen LogP contribution is 2.37. The predicted molar refractivity (Wildman–Crippen MR) is 154 cm³/mol. The highest BCUT2D eigenvalue weighted by molar-refractivity contribution is 8.07. The molecule has 2 nitrogen and oxygen atoms in total. The Kier molecular flexibility index (Phi) is 24.7. The lowest BCUT2D eigenvalue weighted by Crippen LogP contribution is -2.24. The van der Waals surface area contributed by atoms with Gasteiger partial charge in [0.05, 0.1) is 17.1 Å². The van der Waals surface area contributed by atoms with Crippen molar-refractivity contribution in [2.45, 2.75) is 120 Å². The number of rotatable bonds is 9. The summed E-state index contributed by atoms with van der Waals surface area (Å²) >= 11 is 1.52. The van der Waals surface area contributed by atoms with Crippen molar-refractivity contribution < 1.29 is 9.53 Å². The normalized spacial score (nSPS) is 19.0. The van der Waals surface area contributed by atoms with Crippen LogP contribution in [-0.2, 0) is 9.53 Å². The molecule has 1 rings (SSSR count). The van der Waals surface area contributed by atoms with Crippen LogP contribution in [0.3, 0.4) is 0 Å². The van der Waals surface area contributed by atoms with Crippen LogP contribution in [0.25, 0.3) is 0 Å². The number of Topliss-reactive ketones (excluding diaryl/α,β-unsaturated/α-hetero) is 1. The summed E-state index contributed by atoms with van der Waals surface area (Å²) in [6.45, 7) is 31.0. The summed E-state index contributed by atoms with van der Waals surface area (Å²) in [4.78, 5) is 13.3. The fourth-order valence-electron chi connectivity index (χ4n) is 3.27. The monoisotopic (exact) mass is 478 g/mol. The molecule has 0 N–H and O–H groups in total. The van der Waals surface area contributed by atoms with Gasteiger partial charge in [-0.15, -0.1) is 0 Å². The van der Waals surface area contributed by atoms with Gasteiger partial charge in [0.15, 0.2) is 5.78 Å². The molecule has 0 aromatic rings. The van der Waals surface area contributed by atoms with Gasteiger partial charge < -0.3 is 4.74 Å². The maximum absolute atomic E-state index is 11.4. The predicted octanol–water partition coefficient (Wildman–Crippen LogP) is 10.4. The molecule has 1 unspecified atom stereocenters. The van der Waals surface area contributed by atoms with Crippen LogP contribution in [0.2, 0.25) is 0 Å². The molecule has 1 aliphatic heterocycles. The molecule has 33 heavy (non-hydrogen) atoms. The first-order valence-corrected chi connectivity index (χ1v) is 13.6. The largest absolute Gasteiger partial charge is 0.366 e. The second kappa shape index (κ2) is 22.5. The Labute approximate surface area is 211 Å². The third kappa shape index (κ3) is 16.0. The van der Waals surface area contributed by atoms with Crippen LogP contribution in [0.15, 0.2) is 57.9 Å². The molecule has 0 aromatic carbocycles. The summed E-state index contributed by atoms with van der Waals surface area (Å²) in [7, 11) is 0. The fraction of sp³-hybridized carbons (Fsp3) is 0.633. The lowest BCUT2D eigenvalue weighted by atomic mass is 9.89. The molecule has 0 saturated carbocycles. The summed E-state index contributed by atoms with van der Waals surface area (Å²) in [5.74, 6) is 0.170. The fourth-order valence-corrected chi connectivity index (χ4v) is 4.15. The van der Waals surface area contributed by atoms with Gasteiger partial charge in [0.25, 0.3) is 0 Å². The number of allylic oxidation sites excluding steroid dienone is 6. The van der Waals surface area contributed by atoms with Crippen LogP contribution >= 0.6 is 11.8 Å². The minimum Gasteiger partial charge on any atom is -0.366 e. The van der Waals surface area contributed by atoms with Crippen molar-refractivity contribution in [3.8, 4) is 0 Å². The number of thioether (sulfide) groups is 1. The number of ketones is 1. The molecule has 0 radical (unpaired) electrons. The van der Waals surface area contributed by atoms with Crippen molar-refractivity contribution in [1.82, 2.24) is 0 Å². The van der Waals surface area contributed by atoms with E-state index >= 15 is 0 Å². The third-order valence-corrected chi connectivity index (χ3v) is 5.72. The maximum atomic E-state index is 11.4. The van der Waals surface area contributed by atoms with E-state index in [1.165, 1.54) is 29.3 Å². The van der Waals surface area contributed by atoms with Gasteiger partial charge in [0.1, 0.15) is 0 Å². The van der Waals surface area contributed by atoms with Crippen LogP contribution in [0.1, 0.15) is 115 Å². The zero-order valence-electron chi connectivity index (χ0n) is 23.8. The second-order valence-corrected chi connectivity index (χ2v) is 9.39. The van der Waals surface area contributed by atoms with Crippen LogP contribution in [0.4, 0.5) is 0 Å². The molecular formula is C30H54O2S. The molecule has 192 valence electrons. The van der Waals surface area contributed by atoms with Gasteiger partial charge >= 0.3 is 0 Å². The first-order valence-electron chi connectivity index (χ1n) is 12.8. The van der Waals surface area contributed by atoms with Crippen molar-refractivity contribution in [3.05, 3.63) is 57.9 Å². The van der Waals surface area contributed by atoms with Crippen molar-refractivity contribution in [2.24, 2.45) is 0 Å². The second-order valence-electron chi connectivity index (χ2n) is 8.08. The number of carbonyl (C=O) groups is 1. The van der Waals surface area contributed by atoms with Crippen LogP contribution in [-0.4, -0.2) is 18.0 Å². The molecule has 0 amide bonds. The van der Waals surface area contributed by atoms with Gasteiger partial charge in [-0.3, -0.25) is 4.79 Å². The third-order valence-electron chi connectivity index (χ3n) is 4.59. The SMILES string of the molecule is C=C(C)S/C(C(C)=O)=C(/CC)CCC.C=C1COC(C)(CCC)/C1=C/C=C\C.CC.CCC. The topological polar surface area (TPSA) is 26.3 Å². The van der Waals surface area contributed by atoms with E-state index in [-0.39, 0.29) is 11.4 Å². The van der Waals surface area contributed by atoms with E-state index in [1.54, 1.807) is 6.92 Å². The summed E-state index contributed by atoms with van der Waals surface area (Å²) < 4.78 is 5.80. The molecule has 1 atom stereocenters. The average Bonchev–Trinajstić information content (AvgIpc) is 3.05. The first-order chi connectivity index (χ1) is 15.6. The molecule has 0 spiro atoms. The number of hydrogen-bond acceptors (Lipinski definition) is 3. The Morgan fingerprint density at radius 2 is 1.67 bits per heavy atom. The Morgan fingerprint density at radius 3 is 2.03 bits per heavy atom. The zero-order valence-corrected chi connectivity index (χ0v) is 24.6. The van der Waals surface area contributed by atoms with E-state index in [1.807, 2.05) is 33.8 Å². The maximum Gasteiger partial charge on any atom is 0.166 e. The van der Waals surface area contributed by atoms with Crippen LogP contribution in [0.5, 0.6) is 0 Å². The van der Waals surface area contributed by atoms with Gasteiger partial charge in [0, 0.05) is 0 Å². The summed E-state index contributed by atoms with van der Waals surface area (Å²) in [5.41, 5.74) is 3.55. The Morgan fingerprint density at radius 1 is 1.12 bits per heavy atom. The first kappa shape index (κ1) is 36.3. The highest BCUT2D eigenvalue weighted by Gasteiger charge is 2.35. The van der Waals surface area contributed by atoms with Crippen molar-refractivity contribution in [3.63, 3.8) is 0 Å². The molecule has 1 saturated heterocycles. The quantitative estimate of drug-likeness (QED) is 0.308. The molecule has 1 aliphatic rings. The number of carbonyl (C=O) groups excluding carboxylic acids is 1. The number of hydrogen-bond donors (Lipinski definition) is 0. The van der Waals surface area contributed by atoms with Crippen molar-refractivity contribution in [2.75, 3.05) is 6.61 Å². The molecule has 0 aromatic heterocycles. The number of ether oxygens (including phenoxy) is 1. The summed E-state index contributed by atoms with van der Waals surface area (Å²) in [5, 5.41) is 0. The smallest absolute Gasteiger partial charge is 0.166 e. The van der Waals surface area contributed by atoms with Crippen LogP contribution in [0, 0.1) is 0 Å². The Balaban J connectivity index is -0.000000456. The van der Waals surface area contributed by atoms with Gasteiger partial charge in [-0.1, -0.05) is 116 Å². The highest BCUT2D eigenvalue weighted by atomic mass is 32.2. The van der Waals surface area contributed by atoms with E-state index in [9.17, 15) is 4.79 Å². The van der Waals surface area contributed by atoms with Gasteiger partial charge in [-0.2, -0.15) is 0 Å². The van der Waals surface area contributed by atoms with E-state index in [2.05, 4.69) is 66.9 Å². The van der Waals surface area contributed by atoms with E-state index < -0.39 is 0 Å².